The molecule has 0 unspecified atom stereocenters. The average Bonchev–Trinajstić information content (AvgIpc) is 3.09. The number of carbonyl (C=O) groups is 2. The number of nitrogens with zero attached hydrogens (tertiary/aromatic N) is 1. The first kappa shape index (κ1) is 16.5. The summed E-state index contributed by atoms with van der Waals surface area (Å²) in [6.07, 6.45) is 1.25. The van der Waals surface area contributed by atoms with Gasteiger partial charge in [0, 0.05) is 36.5 Å². The Morgan fingerprint density at radius 3 is 2.79 bits per heavy atom. The Balaban J connectivity index is 1.45. The van der Waals surface area contributed by atoms with E-state index in [0.717, 1.165) is 13.0 Å². The van der Waals surface area contributed by atoms with Crippen molar-refractivity contribution in [3.8, 4) is 5.75 Å². The molecule has 0 spiro atoms. The highest BCUT2D eigenvalue weighted by atomic mass is 32.1. The molecule has 0 aliphatic carbocycles. The van der Waals surface area contributed by atoms with Gasteiger partial charge in [0.05, 0.1) is 7.11 Å². The Hall–Kier alpha value is -2.34. The van der Waals surface area contributed by atoms with Gasteiger partial charge in [0.15, 0.2) is 0 Å². The van der Waals surface area contributed by atoms with Crippen LogP contribution in [0.1, 0.15) is 27.2 Å². The lowest BCUT2D eigenvalue weighted by Crippen LogP contribution is -2.37. The van der Waals surface area contributed by atoms with E-state index in [2.05, 4.69) is 16.8 Å². The molecule has 0 radical (unpaired) electrons. The van der Waals surface area contributed by atoms with Crippen LogP contribution in [-0.4, -0.2) is 36.9 Å². The molecule has 2 amide bonds. The molecule has 1 aromatic carbocycles. The number of amides is 2. The number of nitrogens with one attached hydrogen (secondary N) is 1. The number of benzene rings is 1. The van der Waals surface area contributed by atoms with Crippen LogP contribution in [0.25, 0.3) is 0 Å². The molecule has 3 rings (SSSR count). The van der Waals surface area contributed by atoms with Crippen LogP contribution in [0, 0.1) is 0 Å². The normalized spacial score (nSPS) is 13.3. The average molecular weight is 344 g/mol. The lowest BCUT2D eigenvalue weighted by Gasteiger charge is -2.27. The molecule has 126 valence electrons. The Bertz CT molecular complexity index is 724. The van der Waals surface area contributed by atoms with Crippen molar-refractivity contribution in [1.29, 1.82) is 0 Å². The molecule has 1 aliphatic rings. The summed E-state index contributed by atoms with van der Waals surface area (Å²) in [5.41, 5.74) is 1.81. The van der Waals surface area contributed by atoms with Crippen LogP contribution < -0.4 is 10.1 Å². The first-order valence-electron chi connectivity index (χ1n) is 7.92. The van der Waals surface area contributed by atoms with Gasteiger partial charge in [0.1, 0.15) is 5.75 Å². The summed E-state index contributed by atoms with van der Waals surface area (Å²) in [6.45, 7) is 1.79. The fourth-order valence-electron chi connectivity index (χ4n) is 2.75. The van der Waals surface area contributed by atoms with E-state index in [4.69, 9.17) is 4.74 Å². The molecule has 5 nitrogen and oxygen atoms in total. The zero-order valence-electron chi connectivity index (χ0n) is 13.6. The van der Waals surface area contributed by atoms with Gasteiger partial charge in [-0.05, 0) is 47.7 Å². The van der Waals surface area contributed by atoms with Gasteiger partial charge in [-0.2, -0.15) is 0 Å². The van der Waals surface area contributed by atoms with Crippen molar-refractivity contribution in [2.45, 2.75) is 19.4 Å². The summed E-state index contributed by atoms with van der Waals surface area (Å²) in [4.78, 5) is 27.6. The van der Waals surface area contributed by atoms with Gasteiger partial charge >= 0.3 is 0 Å². The number of methoxy groups -OCH3 is 1. The minimum atomic E-state index is -0.177. The Kier molecular flexibility index (Phi) is 5.15. The van der Waals surface area contributed by atoms with E-state index in [1.807, 2.05) is 4.90 Å². The third-order valence-corrected chi connectivity index (χ3v) is 5.16. The minimum Gasteiger partial charge on any atom is -0.497 e. The fraction of sp³-hybridized carbons (Fsp3) is 0.333. The largest absolute Gasteiger partial charge is 0.497 e. The topological polar surface area (TPSA) is 58.6 Å². The van der Waals surface area contributed by atoms with E-state index in [1.165, 1.54) is 10.4 Å². The van der Waals surface area contributed by atoms with Crippen molar-refractivity contribution >= 4 is 23.2 Å². The zero-order chi connectivity index (χ0) is 16.9. The summed E-state index contributed by atoms with van der Waals surface area (Å²) in [7, 11) is 1.58. The predicted octanol–water partition coefficient (Wildman–Crippen LogP) is 2.46. The Labute approximate surface area is 145 Å². The van der Waals surface area contributed by atoms with Crippen LogP contribution in [0.15, 0.2) is 35.7 Å². The number of ether oxygens (including phenoxy) is 1. The molecule has 1 aliphatic heterocycles. The van der Waals surface area contributed by atoms with Crippen LogP contribution in [0.5, 0.6) is 5.75 Å². The summed E-state index contributed by atoms with van der Waals surface area (Å²) >= 11 is 1.76. The minimum absolute atomic E-state index is 0.0851. The molecular weight excluding hydrogens is 324 g/mol. The first-order chi connectivity index (χ1) is 11.7. The van der Waals surface area contributed by atoms with Crippen LogP contribution in [0.2, 0.25) is 0 Å². The molecule has 0 atom stereocenters. The molecular formula is C18H20N2O3S. The second kappa shape index (κ2) is 7.49. The van der Waals surface area contributed by atoms with Crippen molar-refractivity contribution in [1.82, 2.24) is 10.2 Å². The van der Waals surface area contributed by atoms with Crippen molar-refractivity contribution in [3.63, 3.8) is 0 Å². The van der Waals surface area contributed by atoms with Gasteiger partial charge in [-0.1, -0.05) is 0 Å². The number of fused-ring (bicyclic) bond motifs is 1. The zero-order valence-corrected chi connectivity index (χ0v) is 14.4. The van der Waals surface area contributed by atoms with E-state index in [9.17, 15) is 9.59 Å². The maximum atomic E-state index is 12.3. The predicted molar refractivity (Wildman–Crippen MR) is 93.4 cm³/mol. The van der Waals surface area contributed by atoms with Crippen molar-refractivity contribution in [2.75, 3.05) is 20.2 Å². The smallest absolute Gasteiger partial charge is 0.251 e. The van der Waals surface area contributed by atoms with Gasteiger partial charge < -0.3 is 15.0 Å². The van der Waals surface area contributed by atoms with E-state index in [1.54, 1.807) is 42.7 Å². The first-order valence-corrected chi connectivity index (χ1v) is 8.80. The van der Waals surface area contributed by atoms with E-state index in [0.29, 0.717) is 30.8 Å². The van der Waals surface area contributed by atoms with Crippen LogP contribution >= 0.6 is 11.3 Å². The maximum absolute atomic E-state index is 12.3. The van der Waals surface area contributed by atoms with Gasteiger partial charge in [-0.15, -0.1) is 11.3 Å². The number of hydrogen-bond acceptors (Lipinski definition) is 4. The van der Waals surface area contributed by atoms with E-state index >= 15 is 0 Å². The van der Waals surface area contributed by atoms with Crippen LogP contribution in [-0.2, 0) is 17.8 Å². The molecule has 1 N–H and O–H groups in total. The van der Waals surface area contributed by atoms with Crippen LogP contribution in [0.4, 0.5) is 0 Å². The molecule has 0 saturated heterocycles. The molecule has 0 saturated carbocycles. The van der Waals surface area contributed by atoms with Crippen molar-refractivity contribution in [2.24, 2.45) is 0 Å². The highest BCUT2D eigenvalue weighted by Crippen LogP contribution is 2.24. The third kappa shape index (κ3) is 3.76. The monoisotopic (exact) mass is 344 g/mol. The molecule has 1 aromatic heterocycles. The fourth-order valence-corrected chi connectivity index (χ4v) is 3.64. The number of carbonyl (C=O) groups excluding carboxylic acids is 2. The second-order valence-corrected chi connectivity index (χ2v) is 6.67. The van der Waals surface area contributed by atoms with Crippen molar-refractivity contribution < 1.29 is 14.3 Å². The number of rotatable bonds is 5. The standard InChI is InChI=1S/C18H20N2O3S/c1-23-15-4-2-13(3-5-15)18(22)19-9-6-17(21)20-10-7-16-14(12-20)8-11-24-16/h2-5,8,11H,6-7,9-10,12H2,1H3,(H,19,22). The summed E-state index contributed by atoms with van der Waals surface area (Å²) in [5.74, 6) is 0.616. The highest BCUT2D eigenvalue weighted by molar-refractivity contribution is 7.10. The number of thiophene rings is 1. The van der Waals surface area contributed by atoms with Crippen molar-refractivity contribution in [3.05, 3.63) is 51.7 Å². The van der Waals surface area contributed by atoms with E-state index < -0.39 is 0 Å². The lowest BCUT2D eigenvalue weighted by molar-refractivity contribution is -0.131. The lowest BCUT2D eigenvalue weighted by atomic mass is 10.1. The molecule has 0 fully saturated rings. The van der Waals surface area contributed by atoms with Gasteiger partial charge in [0.25, 0.3) is 5.91 Å². The summed E-state index contributed by atoms with van der Waals surface area (Å²) < 4.78 is 5.07. The second-order valence-electron chi connectivity index (χ2n) is 5.67. The molecule has 0 bridgehead atoms. The van der Waals surface area contributed by atoms with Gasteiger partial charge in [-0.25, -0.2) is 0 Å². The molecule has 2 heterocycles. The Morgan fingerprint density at radius 1 is 1.25 bits per heavy atom. The Morgan fingerprint density at radius 2 is 2.04 bits per heavy atom. The quantitative estimate of drug-likeness (QED) is 0.906. The van der Waals surface area contributed by atoms with E-state index in [-0.39, 0.29) is 11.8 Å². The molecule has 24 heavy (non-hydrogen) atoms. The van der Waals surface area contributed by atoms with Gasteiger partial charge in [0.2, 0.25) is 5.91 Å². The van der Waals surface area contributed by atoms with Crippen LogP contribution in [0.3, 0.4) is 0 Å². The summed E-state index contributed by atoms with van der Waals surface area (Å²) in [5, 5.41) is 4.87. The highest BCUT2D eigenvalue weighted by Gasteiger charge is 2.21. The molecule has 6 heteroatoms. The maximum Gasteiger partial charge on any atom is 0.251 e. The summed E-state index contributed by atoms with van der Waals surface area (Å²) in [6, 6.07) is 8.99. The third-order valence-electron chi connectivity index (χ3n) is 4.14. The SMILES string of the molecule is COc1ccc(C(=O)NCCC(=O)N2CCc3sccc3C2)cc1. The number of hydrogen-bond donors (Lipinski definition) is 1. The molecule has 2 aromatic rings. The van der Waals surface area contributed by atoms with Gasteiger partial charge in [-0.3, -0.25) is 9.59 Å².